The highest BCUT2D eigenvalue weighted by molar-refractivity contribution is 5.28. The minimum absolute atomic E-state index is 0.0350. The van der Waals surface area contributed by atoms with Gasteiger partial charge < -0.3 is 14.6 Å². The molecule has 2 bridgehead atoms. The first-order valence-corrected chi connectivity index (χ1v) is 6.25. The maximum absolute atomic E-state index is 7.48. The van der Waals surface area contributed by atoms with Crippen molar-refractivity contribution in [1.82, 2.24) is 4.90 Å². The molecule has 0 spiro atoms. The van der Waals surface area contributed by atoms with Crippen LogP contribution in [0, 0.1) is 0 Å². The molecule has 0 aliphatic carbocycles. The number of fused-ring (bicyclic) bond motifs is 2. The molecule has 0 saturated carbocycles. The zero-order valence-electron chi connectivity index (χ0n) is 12.9. The first-order chi connectivity index (χ1) is 8.17. The molecule has 0 radical (unpaired) electrons. The number of aliphatic hydroxyl groups excluding tert-OH is 1. The van der Waals surface area contributed by atoms with E-state index in [-0.39, 0.29) is 23.8 Å². The molecule has 2 heterocycles. The van der Waals surface area contributed by atoms with Gasteiger partial charge in [-0.2, -0.15) is 0 Å². The summed E-state index contributed by atoms with van der Waals surface area (Å²) in [5, 5.41) is 5.07. The fraction of sp³-hybridized carbons (Fsp3) is 1.00. The van der Waals surface area contributed by atoms with Crippen LogP contribution in [-0.2, 0) is 9.47 Å². The molecule has 4 heteroatoms. The highest BCUT2D eigenvalue weighted by Crippen LogP contribution is 2.56. The van der Waals surface area contributed by atoms with Crippen LogP contribution in [0.25, 0.3) is 0 Å². The van der Waals surface area contributed by atoms with Gasteiger partial charge in [-0.05, 0) is 41.7 Å². The first-order valence-electron chi connectivity index (χ1n) is 6.66. The molecule has 100 valence electrons. The van der Waals surface area contributed by atoms with Crippen LogP contribution in [0.3, 0.4) is 0 Å². The van der Waals surface area contributed by atoms with Gasteiger partial charge in [0.25, 0.3) is 0 Å². The summed E-state index contributed by atoms with van der Waals surface area (Å²) in [6.07, 6.45) is -0.268. The standard InChI is InChI=1S/C13H25NO3/c1-8-9-10(15)13(17-8,12(4,5)16-7)11(2,3)14(9)6/h8-10,15H,1-7H3/i15T. The molecular weight excluding hydrogens is 218 g/mol. The smallest absolute Gasteiger partial charge is 0.211 e. The Kier molecular flexibility index (Phi) is 2.41. The molecule has 1 N–H and O–H groups in total. The third-order valence-electron chi connectivity index (χ3n) is 5.21. The van der Waals surface area contributed by atoms with E-state index in [1.165, 1.54) is 0 Å². The second-order valence-corrected chi connectivity index (χ2v) is 6.35. The van der Waals surface area contributed by atoms with Crippen molar-refractivity contribution in [2.75, 3.05) is 14.2 Å². The molecule has 2 rings (SSSR count). The van der Waals surface area contributed by atoms with Crippen molar-refractivity contribution >= 4 is 0 Å². The highest BCUT2D eigenvalue weighted by Gasteiger charge is 2.75. The maximum Gasteiger partial charge on any atom is 0.211 e. The second kappa shape index (κ2) is 3.44. The summed E-state index contributed by atoms with van der Waals surface area (Å²) in [5.41, 5.74) is -1.43. The quantitative estimate of drug-likeness (QED) is 0.806. The normalized spacial score (nSPS) is 46.3. The van der Waals surface area contributed by atoms with Gasteiger partial charge >= 0.3 is 0 Å². The van der Waals surface area contributed by atoms with Gasteiger partial charge in [0.15, 0.2) is 0 Å². The number of nitrogens with zero attached hydrogens (tertiary/aromatic N) is 1. The van der Waals surface area contributed by atoms with Crippen LogP contribution in [-0.4, -0.2) is 60.6 Å². The van der Waals surface area contributed by atoms with Crippen LogP contribution in [0.1, 0.15) is 34.6 Å². The van der Waals surface area contributed by atoms with Crippen molar-refractivity contribution in [3.05, 3.63) is 0 Å². The van der Waals surface area contributed by atoms with Gasteiger partial charge in [0.2, 0.25) is 1.43 Å². The van der Waals surface area contributed by atoms with E-state index in [1.54, 1.807) is 7.11 Å². The summed E-state index contributed by atoms with van der Waals surface area (Å²) < 4.78 is 19.4. The number of hydrogen-bond acceptors (Lipinski definition) is 4. The number of aliphatic hydroxyl groups is 1. The van der Waals surface area contributed by atoms with Crippen LogP contribution in [0.4, 0.5) is 0 Å². The molecule has 0 aromatic heterocycles. The van der Waals surface area contributed by atoms with Crippen LogP contribution in [0.5, 0.6) is 0 Å². The van der Waals surface area contributed by atoms with Crippen molar-refractivity contribution in [2.24, 2.45) is 0 Å². The van der Waals surface area contributed by atoms with E-state index in [0.29, 0.717) is 0 Å². The number of ether oxygens (including phenoxy) is 2. The summed E-state index contributed by atoms with van der Waals surface area (Å²) in [4.78, 5) is 2.27. The number of rotatable bonds is 3. The first kappa shape index (κ1) is 11.9. The lowest BCUT2D eigenvalue weighted by Crippen LogP contribution is -2.70. The van der Waals surface area contributed by atoms with Crippen LogP contribution in [0.2, 0.25) is 0 Å². The van der Waals surface area contributed by atoms with Gasteiger partial charge in [0, 0.05) is 12.6 Å². The van der Waals surface area contributed by atoms with E-state index in [2.05, 4.69) is 25.8 Å². The molecule has 2 saturated heterocycles. The summed E-state index contributed by atoms with van der Waals surface area (Å²) in [5.74, 6) is 0. The Labute approximate surface area is 105 Å². The van der Waals surface area contributed by atoms with Gasteiger partial charge in [-0.3, -0.25) is 4.90 Å². The SMILES string of the molecule is [3H]OC1C2C(C)OC1(C(C)(C)OC)C(C)(C)N2C. The largest absolute Gasteiger partial charge is 0.388 e. The topological polar surface area (TPSA) is 41.9 Å². The lowest BCUT2D eigenvalue weighted by molar-refractivity contribution is -0.248. The monoisotopic (exact) mass is 245 g/mol. The summed E-state index contributed by atoms with van der Waals surface area (Å²) in [7, 11) is 3.76. The Bertz CT molecular complexity index is 347. The Morgan fingerprint density at radius 1 is 1.47 bits per heavy atom. The number of methoxy groups -OCH3 is 1. The van der Waals surface area contributed by atoms with E-state index < -0.39 is 11.2 Å². The summed E-state index contributed by atoms with van der Waals surface area (Å²) in [6, 6.07) is 0.0897. The number of hydrogen-bond donors (Lipinski definition) is 1. The molecule has 0 aromatic rings. The van der Waals surface area contributed by atoms with Gasteiger partial charge in [0.05, 0.1) is 17.7 Å². The third kappa shape index (κ3) is 1.22. The van der Waals surface area contributed by atoms with Crippen molar-refractivity contribution in [3.8, 4) is 0 Å². The number of likely N-dealkylation sites (N-methyl/N-ethyl adjacent to an activating group) is 1. The van der Waals surface area contributed by atoms with Crippen LogP contribution >= 0.6 is 0 Å². The van der Waals surface area contributed by atoms with E-state index in [4.69, 9.17) is 16.0 Å². The Hall–Kier alpha value is -0.160. The van der Waals surface area contributed by atoms with E-state index >= 15 is 0 Å². The summed E-state index contributed by atoms with van der Waals surface area (Å²) in [6.45, 7) is 10.3. The van der Waals surface area contributed by atoms with E-state index in [9.17, 15) is 0 Å². The molecule has 17 heavy (non-hydrogen) atoms. The zero-order chi connectivity index (χ0) is 13.9. The zero-order valence-corrected chi connectivity index (χ0v) is 11.9. The number of morpholine rings is 1. The Balaban J connectivity index is 2.59. The third-order valence-corrected chi connectivity index (χ3v) is 5.21. The van der Waals surface area contributed by atoms with Crippen LogP contribution < -0.4 is 0 Å². The maximum atomic E-state index is 7.48. The number of likely N-dealkylation sites (tertiary alicyclic amines) is 1. The van der Waals surface area contributed by atoms with E-state index in [1.807, 2.05) is 20.8 Å². The second-order valence-electron chi connectivity index (χ2n) is 6.35. The fourth-order valence-electron chi connectivity index (χ4n) is 3.93. The molecule has 2 aliphatic rings. The van der Waals surface area contributed by atoms with Crippen LogP contribution in [0.15, 0.2) is 0 Å². The minimum Gasteiger partial charge on any atom is -0.388 e. The Morgan fingerprint density at radius 3 is 2.53 bits per heavy atom. The average molecular weight is 245 g/mol. The lowest BCUT2D eigenvalue weighted by atomic mass is 9.71. The van der Waals surface area contributed by atoms with Gasteiger partial charge in [-0.25, -0.2) is 0 Å². The van der Waals surface area contributed by atoms with Crippen molar-refractivity contribution in [2.45, 2.75) is 69.6 Å². The molecule has 0 amide bonds. The molecular formula is C13H25NO3. The minimum atomic E-state index is -0.644. The molecule has 0 aromatic carbocycles. The van der Waals surface area contributed by atoms with E-state index in [0.717, 1.165) is 0 Å². The van der Waals surface area contributed by atoms with Gasteiger partial charge in [-0.1, -0.05) is 0 Å². The predicted molar refractivity (Wildman–Crippen MR) is 66.0 cm³/mol. The predicted octanol–water partition coefficient (Wildman–Crippen LogP) is 1.02. The van der Waals surface area contributed by atoms with Gasteiger partial charge in [0.1, 0.15) is 11.7 Å². The molecule has 4 unspecified atom stereocenters. The van der Waals surface area contributed by atoms with Crippen molar-refractivity contribution < 1.29 is 14.6 Å². The fourth-order valence-corrected chi connectivity index (χ4v) is 3.93. The molecule has 4 atom stereocenters. The highest BCUT2D eigenvalue weighted by atomic mass is 16.6. The molecule has 4 nitrogen and oxygen atoms in total. The lowest BCUT2D eigenvalue weighted by Gasteiger charge is -2.54. The summed E-state index contributed by atoms with van der Waals surface area (Å²) >= 11 is 0. The molecule has 2 fully saturated rings. The molecule has 2 aliphatic heterocycles. The van der Waals surface area contributed by atoms with Crippen molar-refractivity contribution in [1.29, 1.82) is 1.43 Å². The average Bonchev–Trinajstić information content (AvgIpc) is 2.69. The van der Waals surface area contributed by atoms with Gasteiger partial charge in [-0.15, -0.1) is 0 Å². The Morgan fingerprint density at radius 2 is 2.06 bits per heavy atom. The van der Waals surface area contributed by atoms with Crippen molar-refractivity contribution in [3.63, 3.8) is 0 Å².